The molecule has 1 saturated heterocycles. The molecule has 0 radical (unpaired) electrons. The van der Waals surface area contributed by atoms with Crippen molar-refractivity contribution in [1.82, 2.24) is 9.97 Å². The lowest BCUT2D eigenvalue weighted by atomic mass is 10.2. The van der Waals surface area contributed by atoms with Crippen LogP contribution in [0.5, 0.6) is 0 Å². The van der Waals surface area contributed by atoms with Crippen molar-refractivity contribution in [1.29, 1.82) is 0 Å². The van der Waals surface area contributed by atoms with E-state index < -0.39 is 0 Å². The molecule has 2 atom stereocenters. The predicted molar refractivity (Wildman–Crippen MR) is 103 cm³/mol. The number of anilines is 2. The van der Waals surface area contributed by atoms with Gasteiger partial charge in [-0.2, -0.15) is 4.98 Å². The second kappa shape index (κ2) is 9.73. The number of hydrogen-bond acceptors (Lipinski definition) is 6. The standard InChI is InChI=1S/C19H32N4O2/c1-6-8-24-12-15(4)11-20-18-10-17(14(2)3)21-19(22-18)23-7-9-25-13-16(23)5/h10,15-16H,2,6-9,11-13H2,1,3-5H3,(H,20,21,22)/t15-,16+/m1/s1. The zero-order chi connectivity index (χ0) is 18.2. The fourth-order valence-electron chi connectivity index (χ4n) is 2.66. The number of hydrogen-bond donors (Lipinski definition) is 1. The maximum atomic E-state index is 5.62. The molecule has 0 saturated carbocycles. The summed E-state index contributed by atoms with van der Waals surface area (Å²) in [4.78, 5) is 11.6. The fraction of sp³-hybridized carbons (Fsp3) is 0.684. The summed E-state index contributed by atoms with van der Waals surface area (Å²) in [6.45, 7) is 17.0. The summed E-state index contributed by atoms with van der Waals surface area (Å²) in [6.07, 6.45) is 1.05. The van der Waals surface area contributed by atoms with Gasteiger partial charge in [-0.1, -0.05) is 20.4 Å². The van der Waals surface area contributed by atoms with E-state index in [1.165, 1.54) is 0 Å². The molecule has 1 aliphatic rings. The fourth-order valence-corrected chi connectivity index (χ4v) is 2.66. The maximum absolute atomic E-state index is 5.62. The van der Waals surface area contributed by atoms with Gasteiger partial charge in [-0.05, 0) is 31.8 Å². The van der Waals surface area contributed by atoms with Crippen LogP contribution in [0.1, 0.15) is 39.8 Å². The van der Waals surface area contributed by atoms with E-state index in [0.29, 0.717) is 19.1 Å². The second-order valence-electron chi connectivity index (χ2n) is 6.90. The lowest BCUT2D eigenvalue weighted by Gasteiger charge is -2.33. The number of allylic oxidation sites excluding steroid dienone is 1. The van der Waals surface area contributed by atoms with Crippen molar-refractivity contribution in [2.45, 2.75) is 40.2 Å². The Labute approximate surface area is 151 Å². The lowest BCUT2D eigenvalue weighted by Crippen LogP contribution is -2.44. The first-order valence-corrected chi connectivity index (χ1v) is 9.22. The van der Waals surface area contributed by atoms with Gasteiger partial charge >= 0.3 is 0 Å². The third-order valence-corrected chi connectivity index (χ3v) is 4.16. The molecule has 0 bridgehead atoms. The number of morpholine rings is 1. The molecule has 0 aromatic carbocycles. The van der Waals surface area contributed by atoms with E-state index in [4.69, 9.17) is 14.5 Å². The Morgan fingerprint density at radius 1 is 1.52 bits per heavy atom. The lowest BCUT2D eigenvalue weighted by molar-refractivity contribution is 0.0981. The first kappa shape index (κ1) is 19.7. The van der Waals surface area contributed by atoms with Crippen LogP contribution in [0, 0.1) is 5.92 Å². The van der Waals surface area contributed by atoms with E-state index in [1.54, 1.807) is 0 Å². The van der Waals surface area contributed by atoms with E-state index in [-0.39, 0.29) is 6.04 Å². The molecule has 1 fully saturated rings. The van der Waals surface area contributed by atoms with Gasteiger partial charge in [-0.15, -0.1) is 0 Å². The monoisotopic (exact) mass is 348 g/mol. The Bertz CT molecular complexity index is 564. The minimum absolute atomic E-state index is 0.267. The van der Waals surface area contributed by atoms with Gasteiger partial charge < -0.3 is 19.7 Å². The van der Waals surface area contributed by atoms with E-state index in [0.717, 1.165) is 55.8 Å². The summed E-state index contributed by atoms with van der Waals surface area (Å²) in [5.74, 6) is 2.00. The quantitative estimate of drug-likeness (QED) is 0.692. The highest BCUT2D eigenvalue weighted by Crippen LogP contribution is 2.21. The Balaban J connectivity index is 2.07. The van der Waals surface area contributed by atoms with E-state index in [2.05, 4.69) is 42.6 Å². The van der Waals surface area contributed by atoms with E-state index in [9.17, 15) is 0 Å². The topological polar surface area (TPSA) is 59.5 Å². The van der Waals surface area contributed by atoms with Crippen LogP contribution in [0.4, 0.5) is 11.8 Å². The van der Waals surface area contributed by atoms with Crippen molar-refractivity contribution in [2.24, 2.45) is 5.92 Å². The molecule has 1 aromatic heterocycles. The van der Waals surface area contributed by atoms with Crippen molar-refractivity contribution >= 4 is 17.3 Å². The van der Waals surface area contributed by atoms with E-state index >= 15 is 0 Å². The van der Waals surface area contributed by atoms with Gasteiger partial charge in [0, 0.05) is 25.8 Å². The molecule has 0 unspecified atom stereocenters. The predicted octanol–water partition coefficient (Wildman–Crippen LogP) is 3.21. The van der Waals surface area contributed by atoms with Crippen molar-refractivity contribution in [3.05, 3.63) is 18.3 Å². The average Bonchev–Trinajstić information content (AvgIpc) is 2.60. The Morgan fingerprint density at radius 2 is 2.32 bits per heavy atom. The van der Waals surface area contributed by atoms with E-state index in [1.807, 2.05) is 13.0 Å². The van der Waals surface area contributed by atoms with Gasteiger partial charge in [-0.3, -0.25) is 0 Å². The summed E-state index contributed by atoms with van der Waals surface area (Å²) in [5, 5.41) is 3.43. The normalized spacial score (nSPS) is 18.9. The number of ether oxygens (including phenoxy) is 2. The molecule has 0 amide bonds. The molecule has 2 heterocycles. The summed E-state index contributed by atoms with van der Waals surface area (Å²) in [7, 11) is 0. The third-order valence-electron chi connectivity index (χ3n) is 4.16. The highest BCUT2D eigenvalue weighted by atomic mass is 16.5. The van der Waals surface area contributed by atoms with Crippen LogP contribution in [0.25, 0.3) is 5.57 Å². The SMILES string of the molecule is C=C(C)c1cc(NC[C@@H](C)COCCC)nc(N2CCOC[C@@H]2C)n1. The number of nitrogens with zero attached hydrogens (tertiary/aromatic N) is 3. The van der Waals surface area contributed by atoms with Crippen LogP contribution in [-0.4, -0.2) is 55.5 Å². The molecule has 1 aliphatic heterocycles. The Morgan fingerprint density at radius 3 is 3.00 bits per heavy atom. The van der Waals surface area contributed by atoms with Crippen LogP contribution in [0.3, 0.4) is 0 Å². The van der Waals surface area contributed by atoms with Crippen LogP contribution in [0.15, 0.2) is 12.6 Å². The zero-order valence-electron chi connectivity index (χ0n) is 16.0. The molecule has 1 N–H and O–H groups in total. The van der Waals surface area contributed by atoms with Crippen LogP contribution in [-0.2, 0) is 9.47 Å². The van der Waals surface area contributed by atoms with Crippen molar-refractivity contribution in [2.75, 3.05) is 49.7 Å². The Kier molecular flexibility index (Phi) is 7.65. The molecule has 140 valence electrons. The summed E-state index contributed by atoms with van der Waals surface area (Å²) in [5.41, 5.74) is 1.81. The van der Waals surface area contributed by atoms with Crippen molar-refractivity contribution in [3.63, 3.8) is 0 Å². The van der Waals surface area contributed by atoms with Crippen LogP contribution >= 0.6 is 0 Å². The minimum Gasteiger partial charge on any atom is -0.381 e. The largest absolute Gasteiger partial charge is 0.381 e. The smallest absolute Gasteiger partial charge is 0.228 e. The second-order valence-corrected chi connectivity index (χ2v) is 6.90. The summed E-state index contributed by atoms with van der Waals surface area (Å²) >= 11 is 0. The van der Waals surface area contributed by atoms with Gasteiger partial charge in [0.1, 0.15) is 5.82 Å². The number of rotatable bonds is 9. The minimum atomic E-state index is 0.267. The van der Waals surface area contributed by atoms with Gasteiger partial charge in [0.2, 0.25) is 5.95 Å². The average molecular weight is 348 g/mol. The molecule has 0 aliphatic carbocycles. The van der Waals surface area contributed by atoms with Crippen LogP contribution < -0.4 is 10.2 Å². The molecular weight excluding hydrogens is 316 g/mol. The van der Waals surface area contributed by atoms with Gasteiger partial charge in [-0.25, -0.2) is 4.98 Å². The highest BCUT2D eigenvalue weighted by molar-refractivity contribution is 5.62. The molecule has 2 rings (SSSR count). The Hall–Kier alpha value is -1.66. The molecular formula is C19H32N4O2. The van der Waals surface area contributed by atoms with Gasteiger partial charge in [0.25, 0.3) is 0 Å². The van der Waals surface area contributed by atoms with Crippen molar-refractivity contribution in [3.8, 4) is 0 Å². The highest BCUT2D eigenvalue weighted by Gasteiger charge is 2.22. The molecule has 6 heteroatoms. The third kappa shape index (κ3) is 5.97. The number of nitrogens with one attached hydrogen (secondary N) is 1. The van der Waals surface area contributed by atoms with Gasteiger partial charge in [0.15, 0.2) is 0 Å². The summed E-state index contributed by atoms with van der Waals surface area (Å²) in [6, 6.07) is 2.24. The van der Waals surface area contributed by atoms with Crippen LogP contribution in [0.2, 0.25) is 0 Å². The first-order chi connectivity index (χ1) is 12.0. The molecule has 0 spiro atoms. The molecule has 6 nitrogen and oxygen atoms in total. The first-order valence-electron chi connectivity index (χ1n) is 9.22. The van der Waals surface area contributed by atoms with Gasteiger partial charge in [0.05, 0.1) is 31.6 Å². The zero-order valence-corrected chi connectivity index (χ0v) is 16.0. The van der Waals surface area contributed by atoms with Crippen molar-refractivity contribution < 1.29 is 9.47 Å². The molecule has 25 heavy (non-hydrogen) atoms. The maximum Gasteiger partial charge on any atom is 0.228 e. The molecule has 1 aromatic rings. The summed E-state index contributed by atoms with van der Waals surface area (Å²) < 4.78 is 11.1. The number of aromatic nitrogens is 2.